The van der Waals surface area contributed by atoms with Crippen molar-refractivity contribution in [1.29, 1.82) is 0 Å². The van der Waals surface area contributed by atoms with E-state index in [1.807, 2.05) is 6.92 Å². The first kappa shape index (κ1) is 15.2. The summed E-state index contributed by atoms with van der Waals surface area (Å²) in [4.78, 5) is 22.8. The van der Waals surface area contributed by atoms with E-state index in [1.54, 1.807) is 12.1 Å². The van der Waals surface area contributed by atoms with Crippen LogP contribution in [-0.2, 0) is 4.79 Å². The maximum Gasteiger partial charge on any atom is 0.286 e. The standard InChI is InChI=1S/C13H20N2O4/c1-2-10(16)9-15-12(17)6-3-7-14-13(18)11-5-4-8-19-11/h4-5,8,10,16H,2-3,6-7,9H2,1H3,(H,14,18)(H,15,17). The topological polar surface area (TPSA) is 91.6 Å². The van der Waals surface area contributed by atoms with Gasteiger partial charge in [-0.25, -0.2) is 0 Å². The Hall–Kier alpha value is -1.82. The SMILES string of the molecule is CCC(O)CNC(=O)CCCNC(=O)c1ccco1. The molecule has 106 valence electrons. The first-order chi connectivity index (χ1) is 9.13. The number of hydrogen-bond acceptors (Lipinski definition) is 4. The van der Waals surface area contributed by atoms with E-state index in [0.29, 0.717) is 25.8 Å². The van der Waals surface area contributed by atoms with E-state index in [9.17, 15) is 14.7 Å². The third-order valence-corrected chi connectivity index (χ3v) is 2.62. The Morgan fingerprint density at radius 3 is 2.84 bits per heavy atom. The summed E-state index contributed by atoms with van der Waals surface area (Å²) in [6, 6.07) is 3.22. The molecule has 1 heterocycles. The number of aliphatic hydroxyl groups excluding tert-OH is 1. The van der Waals surface area contributed by atoms with E-state index < -0.39 is 6.10 Å². The normalized spacial score (nSPS) is 11.9. The fourth-order valence-electron chi connectivity index (χ4n) is 1.41. The minimum atomic E-state index is -0.498. The monoisotopic (exact) mass is 268 g/mol. The van der Waals surface area contributed by atoms with Gasteiger partial charge in [0, 0.05) is 19.5 Å². The molecule has 0 aromatic carbocycles. The second-order valence-corrected chi connectivity index (χ2v) is 4.20. The maximum atomic E-state index is 11.5. The quantitative estimate of drug-likeness (QED) is 0.604. The molecule has 0 aliphatic heterocycles. The van der Waals surface area contributed by atoms with Crippen molar-refractivity contribution < 1.29 is 19.1 Å². The predicted molar refractivity (Wildman–Crippen MR) is 69.6 cm³/mol. The number of aliphatic hydroxyl groups is 1. The Bertz CT molecular complexity index is 389. The zero-order chi connectivity index (χ0) is 14.1. The van der Waals surface area contributed by atoms with E-state index in [4.69, 9.17) is 4.42 Å². The van der Waals surface area contributed by atoms with Crippen LogP contribution in [0.2, 0.25) is 0 Å². The van der Waals surface area contributed by atoms with Crippen LogP contribution in [0, 0.1) is 0 Å². The van der Waals surface area contributed by atoms with Gasteiger partial charge in [0.25, 0.3) is 5.91 Å². The Morgan fingerprint density at radius 1 is 1.42 bits per heavy atom. The van der Waals surface area contributed by atoms with Crippen molar-refractivity contribution in [2.24, 2.45) is 0 Å². The lowest BCUT2D eigenvalue weighted by atomic mass is 10.2. The van der Waals surface area contributed by atoms with E-state index in [0.717, 1.165) is 0 Å². The summed E-state index contributed by atoms with van der Waals surface area (Å²) in [7, 11) is 0. The van der Waals surface area contributed by atoms with Gasteiger partial charge in [0.05, 0.1) is 12.4 Å². The molecule has 1 unspecified atom stereocenters. The lowest BCUT2D eigenvalue weighted by molar-refractivity contribution is -0.121. The van der Waals surface area contributed by atoms with Crippen LogP contribution >= 0.6 is 0 Å². The highest BCUT2D eigenvalue weighted by Crippen LogP contribution is 1.99. The van der Waals surface area contributed by atoms with Gasteiger partial charge in [0.1, 0.15) is 0 Å². The molecule has 0 fully saturated rings. The van der Waals surface area contributed by atoms with Crippen molar-refractivity contribution in [3.63, 3.8) is 0 Å². The Morgan fingerprint density at radius 2 is 2.21 bits per heavy atom. The number of rotatable bonds is 8. The third-order valence-electron chi connectivity index (χ3n) is 2.62. The minimum Gasteiger partial charge on any atom is -0.459 e. The molecule has 1 aromatic rings. The van der Waals surface area contributed by atoms with E-state index in [2.05, 4.69) is 10.6 Å². The number of hydrogen-bond donors (Lipinski definition) is 3. The zero-order valence-electron chi connectivity index (χ0n) is 11.0. The van der Waals surface area contributed by atoms with Crippen LogP contribution in [0.25, 0.3) is 0 Å². The predicted octanol–water partition coefficient (Wildman–Crippen LogP) is 0.677. The van der Waals surface area contributed by atoms with Gasteiger partial charge in [0.2, 0.25) is 5.91 Å². The van der Waals surface area contributed by atoms with Gasteiger partial charge in [-0.1, -0.05) is 6.92 Å². The molecule has 6 nitrogen and oxygen atoms in total. The highest BCUT2D eigenvalue weighted by Gasteiger charge is 2.08. The van der Waals surface area contributed by atoms with E-state index in [1.165, 1.54) is 6.26 Å². The molecule has 0 saturated carbocycles. The highest BCUT2D eigenvalue weighted by atomic mass is 16.3. The Balaban J connectivity index is 2.07. The zero-order valence-corrected chi connectivity index (χ0v) is 11.0. The molecule has 2 amide bonds. The van der Waals surface area contributed by atoms with Gasteiger partial charge in [0.15, 0.2) is 5.76 Å². The smallest absolute Gasteiger partial charge is 0.286 e. The molecule has 1 aromatic heterocycles. The van der Waals surface area contributed by atoms with Crippen molar-refractivity contribution in [1.82, 2.24) is 10.6 Å². The summed E-state index contributed by atoms with van der Waals surface area (Å²) in [5, 5.41) is 14.6. The maximum absolute atomic E-state index is 11.5. The average Bonchev–Trinajstić information content (AvgIpc) is 2.94. The largest absolute Gasteiger partial charge is 0.459 e. The number of carbonyl (C=O) groups is 2. The molecule has 19 heavy (non-hydrogen) atoms. The molecule has 0 aliphatic carbocycles. The molecular formula is C13H20N2O4. The molecule has 6 heteroatoms. The third kappa shape index (κ3) is 6.05. The summed E-state index contributed by atoms with van der Waals surface area (Å²) in [6.45, 7) is 2.53. The van der Waals surface area contributed by atoms with Crippen LogP contribution in [0.3, 0.4) is 0 Å². The van der Waals surface area contributed by atoms with Crippen LogP contribution in [0.4, 0.5) is 0 Å². The molecular weight excluding hydrogens is 248 g/mol. The first-order valence-electron chi connectivity index (χ1n) is 6.40. The van der Waals surface area contributed by atoms with Crippen LogP contribution in [-0.4, -0.2) is 36.1 Å². The van der Waals surface area contributed by atoms with E-state index in [-0.39, 0.29) is 24.1 Å². The van der Waals surface area contributed by atoms with Crippen LogP contribution < -0.4 is 10.6 Å². The average molecular weight is 268 g/mol. The lowest BCUT2D eigenvalue weighted by Crippen LogP contribution is -2.32. The first-order valence-corrected chi connectivity index (χ1v) is 6.40. The molecule has 1 atom stereocenters. The summed E-state index contributed by atoms with van der Waals surface area (Å²) in [5.74, 6) is -0.151. The van der Waals surface area contributed by atoms with Crippen LogP contribution in [0.5, 0.6) is 0 Å². The van der Waals surface area contributed by atoms with Crippen LogP contribution in [0.1, 0.15) is 36.7 Å². The van der Waals surface area contributed by atoms with Crippen molar-refractivity contribution in [3.8, 4) is 0 Å². The second kappa shape index (κ2) is 8.31. The molecule has 0 saturated heterocycles. The van der Waals surface area contributed by atoms with Crippen molar-refractivity contribution in [2.75, 3.05) is 13.1 Å². The number of nitrogens with one attached hydrogen (secondary N) is 2. The summed E-state index contributed by atoms with van der Waals surface area (Å²) >= 11 is 0. The summed E-state index contributed by atoms with van der Waals surface area (Å²) in [6.07, 6.45) is 2.40. The van der Waals surface area contributed by atoms with Gasteiger partial charge in [-0.15, -0.1) is 0 Å². The summed E-state index contributed by atoms with van der Waals surface area (Å²) in [5.41, 5.74) is 0. The summed E-state index contributed by atoms with van der Waals surface area (Å²) < 4.78 is 4.93. The molecule has 3 N–H and O–H groups in total. The van der Waals surface area contributed by atoms with Crippen LogP contribution in [0.15, 0.2) is 22.8 Å². The van der Waals surface area contributed by atoms with Crippen molar-refractivity contribution in [3.05, 3.63) is 24.2 Å². The van der Waals surface area contributed by atoms with Crippen molar-refractivity contribution in [2.45, 2.75) is 32.3 Å². The van der Waals surface area contributed by atoms with Gasteiger partial charge in [-0.3, -0.25) is 9.59 Å². The molecule has 1 rings (SSSR count). The van der Waals surface area contributed by atoms with E-state index >= 15 is 0 Å². The number of carbonyl (C=O) groups excluding carboxylic acids is 2. The Labute approximate surface area is 112 Å². The number of furan rings is 1. The minimum absolute atomic E-state index is 0.125. The van der Waals surface area contributed by atoms with Gasteiger partial charge >= 0.3 is 0 Å². The fraction of sp³-hybridized carbons (Fsp3) is 0.538. The Kier molecular flexibility index (Phi) is 6.67. The molecule has 0 aliphatic rings. The molecule has 0 bridgehead atoms. The fourth-order valence-corrected chi connectivity index (χ4v) is 1.41. The van der Waals surface area contributed by atoms with Crippen molar-refractivity contribution >= 4 is 11.8 Å². The molecule has 0 radical (unpaired) electrons. The number of amides is 2. The van der Waals surface area contributed by atoms with Gasteiger partial charge in [-0.2, -0.15) is 0 Å². The molecule has 0 spiro atoms. The van der Waals surface area contributed by atoms with Gasteiger partial charge in [-0.05, 0) is 25.0 Å². The lowest BCUT2D eigenvalue weighted by Gasteiger charge is -2.09. The highest BCUT2D eigenvalue weighted by molar-refractivity contribution is 5.91. The van der Waals surface area contributed by atoms with Gasteiger partial charge < -0.3 is 20.2 Å². The second-order valence-electron chi connectivity index (χ2n) is 4.20.